The lowest BCUT2D eigenvalue weighted by Crippen LogP contribution is -2.52. The molecule has 0 aliphatic heterocycles. The first-order valence-corrected chi connectivity index (χ1v) is 7.51. The van der Waals surface area contributed by atoms with Crippen molar-refractivity contribution in [2.45, 2.75) is 38.1 Å². The molecule has 2 unspecified atom stereocenters. The molecule has 6 heteroatoms. The largest absolute Gasteiger partial charge is 0.489 e. The maximum Gasteiger partial charge on any atom is 0.295 e. The quantitative estimate of drug-likeness (QED) is 0.865. The zero-order valence-corrected chi connectivity index (χ0v) is 13.4. The number of methoxy groups -OCH3 is 1. The highest BCUT2D eigenvalue weighted by atomic mass is 16.5. The van der Waals surface area contributed by atoms with Gasteiger partial charge in [-0.05, 0) is 32.9 Å². The number of H-pyrrole nitrogens is 1. The molecule has 1 aliphatic rings. The molecule has 6 nitrogen and oxygen atoms in total. The van der Waals surface area contributed by atoms with Gasteiger partial charge in [-0.1, -0.05) is 19.8 Å². The number of hydrogen-bond donors (Lipinski definition) is 2. The smallest absolute Gasteiger partial charge is 0.295 e. The van der Waals surface area contributed by atoms with Crippen molar-refractivity contribution in [3.05, 3.63) is 16.7 Å². The van der Waals surface area contributed by atoms with Crippen LogP contribution in [0, 0.1) is 5.92 Å². The molecule has 118 valence electrons. The van der Waals surface area contributed by atoms with Crippen molar-refractivity contribution >= 4 is 5.82 Å². The van der Waals surface area contributed by atoms with E-state index < -0.39 is 0 Å². The molecule has 0 bridgehead atoms. The maximum atomic E-state index is 11.7. The molecule has 1 saturated carbocycles. The molecule has 1 heterocycles. The SMILES string of the molecule is COc1c(NCC2(N(C)C)CCCC(C)C2)nc[nH]c1=O. The third kappa shape index (κ3) is 3.37. The van der Waals surface area contributed by atoms with Crippen molar-refractivity contribution < 1.29 is 4.74 Å². The van der Waals surface area contributed by atoms with Crippen LogP contribution in [0.2, 0.25) is 0 Å². The number of nitrogens with one attached hydrogen (secondary N) is 2. The van der Waals surface area contributed by atoms with Crippen molar-refractivity contribution in [1.82, 2.24) is 14.9 Å². The second kappa shape index (κ2) is 6.47. The fourth-order valence-corrected chi connectivity index (χ4v) is 3.31. The van der Waals surface area contributed by atoms with E-state index in [1.807, 2.05) is 0 Å². The monoisotopic (exact) mass is 294 g/mol. The van der Waals surface area contributed by atoms with Gasteiger partial charge in [-0.25, -0.2) is 4.98 Å². The van der Waals surface area contributed by atoms with Crippen LogP contribution >= 0.6 is 0 Å². The Morgan fingerprint density at radius 3 is 2.95 bits per heavy atom. The first-order valence-electron chi connectivity index (χ1n) is 7.51. The number of rotatable bonds is 5. The van der Waals surface area contributed by atoms with Crippen LogP contribution < -0.4 is 15.6 Å². The van der Waals surface area contributed by atoms with Gasteiger partial charge in [-0.15, -0.1) is 0 Å². The summed E-state index contributed by atoms with van der Waals surface area (Å²) in [6, 6.07) is 0. The van der Waals surface area contributed by atoms with E-state index in [-0.39, 0.29) is 16.8 Å². The van der Waals surface area contributed by atoms with Crippen molar-refractivity contribution in [2.24, 2.45) is 5.92 Å². The molecule has 1 aromatic rings. The standard InChI is InChI=1S/C15H26N4O2/c1-11-6-5-7-15(8-11,19(2)3)9-16-13-12(21-4)14(20)18-10-17-13/h10-11H,5-9H2,1-4H3,(H2,16,17,18,20). The lowest BCUT2D eigenvalue weighted by Gasteiger charge is -2.45. The van der Waals surface area contributed by atoms with Crippen LogP contribution in [0.25, 0.3) is 0 Å². The summed E-state index contributed by atoms with van der Waals surface area (Å²) in [5, 5.41) is 3.32. The van der Waals surface area contributed by atoms with Gasteiger partial charge in [0.25, 0.3) is 5.56 Å². The fraction of sp³-hybridized carbons (Fsp3) is 0.733. The minimum Gasteiger partial charge on any atom is -0.489 e. The van der Waals surface area contributed by atoms with Crippen LogP contribution in [0.3, 0.4) is 0 Å². The van der Waals surface area contributed by atoms with Gasteiger partial charge in [0, 0.05) is 12.1 Å². The highest BCUT2D eigenvalue weighted by Crippen LogP contribution is 2.36. The molecule has 1 aromatic heterocycles. The molecule has 0 amide bonds. The Morgan fingerprint density at radius 1 is 1.57 bits per heavy atom. The van der Waals surface area contributed by atoms with Gasteiger partial charge in [0.1, 0.15) is 0 Å². The summed E-state index contributed by atoms with van der Waals surface area (Å²) in [6.45, 7) is 3.07. The zero-order valence-electron chi connectivity index (χ0n) is 13.4. The summed E-state index contributed by atoms with van der Waals surface area (Å²) in [4.78, 5) is 20.7. The van der Waals surface area contributed by atoms with Crippen LogP contribution in [-0.2, 0) is 0 Å². The molecule has 1 aliphatic carbocycles. The average molecular weight is 294 g/mol. The number of likely N-dealkylation sites (N-methyl/N-ethyl adjacent to an activating group) is 1. The van der Waals surface area contributed by atoms with E-state index in [4.69, 9.17) is 4.74 Å². The third-order valence-electron chi connectivity index (χ3n) is 4.62. The van der Waals surface area contributed by atoms with Gasteiger partial charge < -0.3 is 19.9 Å². The number of nitrogens with zero attached hydrogens (tertiary/aromatic N) is 2. The van der Waals surface area contributed by atoms with Crippen LogP contribution in [0.15, 0.2) is 11.1 Å². The van der Waals surface area contributed by atoms with Gasteiger partial charge in [0.15, 0.2) is 5.82 Å². The lowest BCUT2D eigenvalue weighted by atomic mass is 9.75. The van der Waals surface area contributed by atoms with Crippen molar-refractivity contribution in [3.63, 3.8) is 0 Å². The van der Waals surface area contributed by atoms with E-state index in [1.165, 1.54) is 26.3 Å². The molecular weight excluding hydrogens is 268 g/mol. The highest BCUT2D eigenvalue weighted by molar-refractivity contribution is 5.48. The summed E-state index contributed by atoms with van der Waals surface area (Å²) in [7, 11) is 5.74. The second-order valence-electron chi connectivity index (χ2n) is 6.29. The number of hydrogen-bond acceptors (Lipinski definition) is 5. The summed E-state index contributed by atoms with van der Waals surface area (Å²) >= 11 is 0. The van der Waals surface area contributed by atoms with E-state index in [2.05, 4.69) is 41.2 Å². The molecule has 1 fully saturated rings. The first kappa shape index (κ1) is 15.8. The Kier molecular flexibility index (Phi) is 4.88. The Balaban J connectivity index is 2.16. The molecule has 2 rings (SSSR count). The minimum atomic E-state index is -0.258. The number of anilines is 1. The molecule has 0 spiro atoms. The van der Waals surface area contributed by atoms with E-state index in [9.17, 15) is 4.79 Å². The zero-order chi connectivity index (χ0) is 15.5. The molecular formula is C15H26N4O2. The van der Waals surface area contributed by atoms with Crippen LogP contribution in [-0.4, -0.2) is 48.2 Å². The van der Waals surface area contributed by atoms with Gasteiger partial charge in [0.05, 0.1) is 13.4 Å². The molecule has 21 heavy (non-hydrogen) atoms. The molecule has 0 aromatic carbocycles. The first-order chi connectivity index (χ1) is 9.98. The average Bonchev–Trinajstić information content (AvgIpc) is 2.45. The lowest BCUT2D eigenvalue weighted by molar-refractivity contribution is 0.0881. The van der Waals surface area contributed by atoms with Crippen molar-refractivity contribution in [3.8, 4) is 5.75 Å². The normalized spacial score (nSPS) is 25.9. The molecule has 2 atom stereocenters. The third-order valence-corrected chi connectivity index (χ3v) is 4.62. The van der Waals surface area contributed by atoms with E-state index in [0.29, 0.717) is 5.82 Å². The molecule has 2 N–H and O–H groups in total. The van der Waals surface area contributed by atoms with Gasteiger partial charge in [-0.3, -0.25) is 4.79 Å². The highest BCUT2D eigenvalue weighted by Gasteiger charge is 2.37. The van der Waals surface area contributed by atoms with Crippen LogP contribution in [0.4, 0.5) is 5.82 Å². The van der Waals surface area contributed by atoms with Crippen LogP contribution in [0.1, 0.15) is 32.6 Å². The Labute approximate surface area is 125 Å². The molecule has 0 radical (unpaired) electrons. The van der Waals surface area contributed by atoms with Crippen molar-refractivity contribution in [2.75, 3.05) is 33.1 Å². The van der Waals surface area contributed by atoms with Crippen LogP contribution in [0.5, 0.6) is 5.75 Å². The molecule has 0 saturated heterocycles. The predicted octanol–water partition coefficient (Wildman–Crippen LogP) is 1.70. The van der Waals surface area contributed by atoms with E-state index >= 15 is 0 Å². The topological polar surface area (TPSA) is 70.2 Å². The fourth-order valence-electron chi connectivity index (χ4n) is 3.31. The summed E-state index contributed by atoms with van der Waals surface area (Å²) in [5.41, 5.74) is -0.154. The summed E-state index contributed by atoms with van der Waals surface area (Å²) in [6.07, 6.45) is 6.24. The predicted molar refractivity (Wildman–Crippen MR) is 83.9 cm³/mol. The van der Waals surface area contributed by atoms with Gasteiger partial charge >= 0.3 is 0 Å². The minimum absolute atomic E-state index is 0.104. The van der Waals surface area contributed by atoms with Crippen molar-refractivity contribution in [1.29, 1.82) is 0 Å². The van der Waals surface area contributed by atoms with E-state index in [1.54, 1.807) is 0 Å². The number of aromatic nitrogens is 2. The maximum absolute atomic E-state index is 11.7. The Bertz CT molecular complexity index is 529. The number of ether oxygens (including phenoxy) is 1. The number of aromatic amines is 1. The summed E-state index contributed by atoms with van der Waals surface area (Å²) < 4.78 is 5.15. The van der Waals surface area contributed by atoms with Gasteiger partial charge in [-0.2, -0.15) is 0 Å². The Hall–Kier alpha value is -1.56. The van der Waals surface area contributed by atoms with E-state index in [0.717, 1.165) is 25.3 Å². The second-order valence-corrected chi connectivity index (χ2v) is 6.29. The summed E-state index contributed by atoms with van der Waals surface area (Å²) in [5.74, 6) is 1.48. The van der Waals surface area contributed by atoms with Gasteiger partial charge in [0.2, 0.25) is 5.75 Å². The Morgan fingerprint density at radius 2 is 2.33 bits per heavy atom.